The maximum absolute atomic E-state index is 11.9. The summed E-state index contributed by atoms with van der Waals surface area (Å²) < 4.78 is 0. The molecule has 0 aromatic heterocycles. The van der Waals surface area contributed by atoms with Crippen LogP contribution >= 0.6 is 0 Å². The molecule has 0 amide bonds. The lowest BCUT2D eigenvalue weighted by Gasteiger charge is -2.46. The van der Waals surface area contributed by atoms with E-state index < -0.39 is 12.2 Å². The van der Waals surface area contributed by atoms with Gasteiger partial charge in [-0.05, 0) is 71.5 Å². The highest BCUT2D eigenvalue weighted by atomic mass is 16.3. The number of unbranched alkanes of at least 4 members (excludes halogenated alkanes) is 2. The van der Waals surface area contributed by atoms with Crippen LogP contribution in [0.4, 0.5) is 11.4 Å². The van der Waals surface area contributed by atoms with Crippen LogP contribution in [0, 0.1) is 25.7 Å². The van der Waals surface area contributed by atoms with Crippen molar-refractivity contribution in [1.82, 2.24) is 0 Å². The number of allylic oxidation sites excluding steroid dienone is 2. The Labute approximate surface area is 287 Å². The van der Waals surface area contributed by atoms with Gasteiger partial charge in [0.1, 0.15) is 0 Å². The molecular formula is C44H54N2O2. The molecule has 0 atom stereocenters. The van der Waals surface area contributed by atoms with Crippen molar-refractivity contribution in [2.45, 2.75) is 104 Å². The van der Waals surface area contributed by atoms with Crippen LogP contribution in [-0.4, -0.2) is 35.5 Å². The molecule has 1 fully saturated rings. The number of hydrogen-bond acceptors (Lipinski definition) is 4. The molecule has 0 bridgehead atoms. The number of fused-ring (bicyclic) bond motifs is 6. The molecule has 4 heteroatoms. The summed E-state index contributed by atoms with van der Waals surface area (Å²) in [6.45, 7) is 19.9. The molecule has 2 aliphatic heterocycles. The average molecular weight is 643 g/mol. The zero-order chi connectivity index (χ0) is 34.1. The van der Waals surface area contributed by atoms with Crippen molar-refractivity contribution < 1.29 is 10.2 Å². The minimum atomic E-state index is -0.655. The zero-order valence-electron chi connectivity index (χ0n) is 30.3. The van der Waals surface area contributed by atoms with Gasteiger partial charge in [0.05, 0.1) is 12.2 Å². The van der Waals surface area contributed by atoms with E-state index in [2.05, 4.69) is 138 Å². The SMILES string of the molecule is CCCCN1/C(=C/C2C(O)C(/C=C3/N(CCCC)c4ccc5ccc(C)cc5c4C3(C)C)C2O)C(C)(C)c2c1ccc1ccc(C)cc21. The smallest absolute Gasteiger partial charge is 0.0716 e. The monoisotopic (exact) mass is 642 g/mol. The molecule has 252 valence electrons. The third-order valence-electron chi connectivity index (χ3n) is 11.8. The summed E-state index contributed by atoms with van der Waals surface area (Å²) in [4.78, 5) is 4.95. The number of hydrogen-bond donors (Lipinski definition) is 2. The minimum absolute atomic E-state index is 0.259. The molecule has 0 unspecified atom stereocenters. The van der Waals surface area contributed by atoms with Crippen LogP contribution in [0.15, 0.2) is 84.2 Å². The lowest BCUT2D eigenvalue weighted by molar-refractivity contribution is -0.111. The van der Waals surface area contributed by atoms with Crippen molar-refractivity contribution in [2.24, 2.45) is 11.8 Å². The molecule has 2 N–H and O–H groups in total. The van der Waals surface area contributed by atoms with E-state index in [1.54, 1.807) is 0 Å². The molecule has 2 heterocycles. The van der Waals surface area contributed by atoms with Gasteiger partial charge in [-0.15, -0.1) is 0 Å². The van der Waals surface area contributed by atoms with Crippen LogP contribution in [0.25, 0.3) is 21.5 Å². The molecule has 3 aliphatic rings. The van der Waals surface area contributed by atoms with Gasteiger partial charge in [0, 0.05) is 58.5 Å². The van der Waals surface area contributed by atoms with Gasteiger partial charge in [-0.3, -0.25) is 0 Å². The highest BCUT2D eigenvalue weighted by molar-refractivity contribution is 5.96. The number of aryl methyl sites for hydroxylation is 2. The quantitative estimate of drug-likeness (QED) is 0.201. The van der Waals surface area contributed by atoms with E-state index in [1.165, 1.54) is 66.6 Å². The normalized spacial score (nSPS) is 25.7. The van der Waals surface area contributed by atoms with E-state index in [9.17, 15) is 10.2 Å². The maximum Gasteiger partial charge on any atom is 0.0716 e. The lowest BCUT2D eigenvalue weighted by Crippen LogP contribution is -2.54. The van der Waals surface area contributed by atoms with Gasteiger partial charge in [-0.1, -0.05) is 126 Å². The average Bonchev–Trinajstić information content (AvgIpc) is 3.41. The first-order valence-corrected chi connectivity index (χ1v) is 18.3. The summed E-state index contributed by atoms with van der Waals surface area (Å²) in [5.74, 6) is -0.654. The van der Waals surface area contributed by atoms with Gasteiger partial charge in [-0.25, -0.2) is 0 Å². The Hall–Kier alpha value is -3.60. The third-order valence-corrected chi connectivity index (χ3v) is 11.8. The molecule has 1 saturated carbocycles. The van der Waals surface area contributed by atoms with E-state index in [1.807, 2.05) is 0 Å². The van der Waals surface area contributed by atoms with Gasteiger partial charge in [-0.2, -0.15) is 0 Å². The van der Waals surface area contributed by atoms with Crippen molar-refractivity contribution in [3.63, 3.8) is 0 Å². The Morgan fingerprint density at radius 2 is 0.979 bits per heavy atom. The Bertz CT molecular complexity index is 1800. The van der Waals surface area contributed by atoms with Crippen molar-refractivity contribution >= 4 is 32.9 Å². The molecule has 0 saturated heterocycles. The second kappa shape index (κ2) is 12.1. The Balaban J connectivity index is 1.26. The minimum Gasteiger partial charge on any atom is -0.392 e. The molecule has 0 spiro atoms. The Kier molecular flexibility index (Phi) is 8.28. The predicted molar refractivity (Wildman–Crippen MR) is 203 cm³/mol. The molecule has 7 rings (SSSR count). The maximum atomic E-state index is 11.9. The summed E-state index contributed by atoms with van der Waals surface area (Å²) in [5.41, 5.74) is 9.65. The third kappa shape index (κ3) is 5.01. The van der Waals surface area contributed by atoms with Gasteiger partial charge in [0.15, 0.2) is 0 Å². The molecule has 0 radical (unpaired) electrons. The number of benzene rings is 4. The summed E-state index contributed by atoms with van der Waals surface area (Å²) >= 11 is 0. The van der Waals surface area contributed by atoms with E-state index in [-0.39, 0.29) is 22.7 Å². The van der Waals surface area contributed by atoms with Gasteiger partial charge in [0.25, 0.3) is 0 Å². The van der Waals surface area contributed by atoms with Crippen LogP contribution in [0.5, 0.6) is 0 Å². The van der Waals surface area contributed by atoms with E-state index >= 15 is 0 Å². The fraction of sp³-hybridized carbons (Fsp3) is 0.455. The highest BCUT2D eigenvalue weighted by Crippen LogP contribution is 2.55. The van der Waals surface area contributed by atoms with Crippen LogP contribution in [0.2, 0.25) is 0 Å². The zero-order valence-corrected chi connectivity index (χ0v) is 30.3. The van der Waals surface area contributed by atoms with E-state index in [0.717, 1.165) is 38.8 Å². The van der Waals surface area contributed by atoms with Gasteiger partial charge in [0.2, 0.25) is 0 Å². The van der Waals surface area contributed by atoms with E-state index in [4.69, 9.17) is 0 Å². The van der Waals surface area contributed by atoms with Gasteiger partial charge < -0.3 is 20.0 Å². The Morgan fingerprint density at radius 1 is 0.604 bits per heavy atom. The summed E-state index contributed by atoms with van der Waals surface area (Å²) in [5, 5.41) is 28.9. The molecule has 4 aromatic rings. The first-order valence-electron chi connectivity index (χ1n) is 18.3. The number of aliphatic hydroxyl groups is 2. The van der Waals surface area contributed by atoms with Crippen molar-refractivity contribution in [3.8, 4) is 0 Å². The molecular weight excluding hydrogens is 588 g/mol. The van der Waals surface area contributed by atoms with Crippen LogP contribution in [-0.2, 0) is 10.8 Å². The van der Waals surface area contributed by atoms with Crippen molar-refractivity contribution in [1.29, 1.82) is 0 Å². The van der Waals surface area contributed by atoms with Crippen LogP contribution < -0.4 is 9.80 Å². The number of aliphatic hydroxyl groups excluding tert-OH is 2. The number of rotatable bonds is 8. The summed E-state index contributed by atoms with van der Waals surface area (Å²) in [6, 6.07) is 22.5. The summed E-state index contributed by atoms with van der Waals surface area (Å²) in [6.07, 6.45) is 7.52. The fourth-order valence-electron chi connectivity index (χ4n) is 9.04. The second-order valence-corrected chi connectivity index (χ2v) is 15.9. The Morgan fingerprint density at radius 3 is 1.35 bits per heavy atom. The molecule has 4 nitrogen and oxygen atoms in total. The first kappa shape index (κ1) is 32.9. The van der Waals surface area contributed by atoms with Crippen molar-refractivity contribution in [3.05, 3.63) is 106 Å². The molecule has 1 aliphatic carbocycles. The number of anilines is 2. The largest absolute Gasteiger partial charge is 0.392 e. The second-order valence-electron chi connectivity index (χ2n) is 15.9. The molecule has 4 aromatic carbocycles. The van der Waals surface area contributed by atoms with Crippen LogP contribution in [0.3, 0.4) is 0 Å². The van der Waals surface area contributed by atoms with Crippen LogP contribution in [0.1, 0.15) is 89.5 Å². The topological polar surface area (TPSA) is 46.9 Å². The highest BCUT2D eigenvalue weighted by Gasteiger charge is 2.51. The summed E-state index contributed by atoms with van der Waals surface area (Å²) in [7, 11) is 0. The van der Waals surface area contributed by atoms with Gasteiger partial charge >= 0.3 is 0 Å². The van der Waals surface area contributed by atoms with E-state index in [0.29, 0.717) is 0 Å². The lowest BCUT2D eigenvalue weighted by atomic mass is 9.66. The first-order chi connectivity index (χ1) is 22.9. The number of nitrogens with zero attached hydrogens (tertiary/aromatic N) is 2. The molecule has 48 heavy (non-hydrogen) atoms. The van der Waals surface area contributed by atoms with Crippen molar-refractivity contribution in [2.75, 3.05) is 22.9 Å². The fourth-order valence-corrected chi connectivity index (χ4v) is 9.04. The predicted octanol–water partition coefficient (Wildman–Crippen LogP) is 9.84. The standard InChI is InChI=1S/C44H54N2O2/c1-9-11-21-45-35-19-17-29-15-13-27(3)23-31(29)39(35)43(5,6)37(45)25-33-41(47)34(42(33)48)26-38-44(7,8)40-32-24-28(4)14-16-30(32)18-20-36(40)46(38)22-12-10-2/h13-20,23-26,33-34,41-42,47-48H,9-12,21-22H2,1-8H3/b37-25+,38-26+.